The van der Waals surface area contributed by atoms with E-state index < -0.39 is 123 Å². The topological polar surface area (TPSA) is 370 Å². The van der Waals surface area contributed by atoms with Crippen LogP contribution in [0.1, 0.15) is 207 Å². The number of alkyl halides is 10. The molecule has 0 bridgehead atoms. The molecule has 16 rings (SSSR count). The Morgan fingerprint density at radius 1 is 0.481 bits per heavy atom. The number of halogens is 12. The molecule has 1 amide bonds. The molecule has 4 saturated heterocycles. The van der Waals surface area contributed by atoms with Crippen LogP contribution in [0.5, 0.6) is 0 Å². The molecule has 4 aliphatic rings. The number of nitrogen functional groups attached to an aromatic ring is 1. The number of nitrogens with one attached hydrogen (secondary N) is 4. The van der Waals surface area contributed by atoms with E-state index in [1.54, 1.807) is 78.0 Å². The van der Waals surface area contributed by atoms with Crippen LogP contribution in [0.15, 0.2) is 135 Å². The van der Waals surface area contributed by atoms with Gasteiger partial charge >= 0.3 is 12.4 Å². The van der Waals surface area contributed by atoms with Gasteiger partial charge in [0.05, 0.1) is 73.7 Å². The summed E-state index contributed by atoms with van der Waals surface area (Å²) >= 11 is 0. The zero-order chi connectivity index (χ0) is 98.4. The molecule has 7 N–H and O–H groups in total. The van der Waals surface area contributed by atoms with Crippen LogP contribution in [0.4, 0.5) is 81.6 Å². The molecule has 43 heteroatoms. The summed E-state index contributed by atoms with van der Waals surface area (Å²) in [5.41, 5.74) is 4.20. The summed E-state index contributed by atoms with van der Waals surface area (Å²) in [7, 11) is -0.223. The number of nitrogens with two attached hydrogens (primary N) is 1. The lowest BCUT2D eigenvalue weighted by molar-refractivity contribution is -0.141. The second-order valence-corrected chi connectivity index (χ2v) is 42.8. The Hall–Kier alpha value is -12.4. The fourth-order valence-electron chi connectivity index (χ4n) is 17.6. The van der Waals surface area contributed by atoms with E-state index >= 15 is 0 Å². The summed E-state index contributed by atoms with van der Waals surface area (Å²) < 4.78 is 204. The minimum atomic E-state index is -4.63. The van der Waals surface area contributed by atoms with Gasteiger partial charge in [-0.05, 0) is 191 Å². The molecule has 0 saturated carbocycles. The van der Waals surface area contributed by atoms with Crippen LogP contribution in [0, 0.1) is 18.6 Å². The second kappa shape index (κ2) is 39.5. The quantitative estimate of drug-likeness (QED) is 0.0343. The lowest BCUT2D eigenvalue weighted by Crippen LogP contribution is -2.42. The first-order valence-electron chi connectivity index (χ1n) is 42.9. The summed E-state index contributed by atoms with van der Waals surface area (Å²) in [6.07, 6.45) is -6.45. The third kappa shape index (κ3) is 21.8. The normalized spacial score (nSPS) is 20.9. The number of pyridine rings is 5. The number of aliphatic hydroxyl groups is 1. The number of hydrogen-bond donors (Lipinski definition) is 6. The molecule has 2 unspecified atom stereocenters. The smallest absolute Gasteiger partial charge is 0.399 e. The Morgan fingerprint density at radius 2 is 0.837 bits per heavy atom. The molecule has 4 fully saturated rings. The van der Waals surface area contributed by atoms with E-state index in [1.807, 2.05) is 0 Å². The van der Waals surface area contributed by atoms with Crippen LogP contribution in [-0.4, -0.2) is 157 Å². The van der Waals surface area contributed by atoms with Gasteiger partial charge in [0, 0.05) is 128 Å². The summed E-state index contributed by atoms with van der Waals surface area (Å²) in [5.74, 6) is 12.6. The summed E-state index contributed by atoms with van der Waals surface area (Å²) in [6.45, 7) is 10.8. The van der Waals surface area contributed by atoms with Gasteiger partial charge in [0.1, 0.15) is 88.5 Å². The number of fused-ring (bicyclic) bond motifs is 4. The van der Waals surface area contributed by atoms with Crippen LogP contribution in [-0.2, 0) is 79.5 Å². The van der Waals surface area contributed by atoms with Gasteiger partial charge in [-0.2, -0.15) is 26.3 Å². The van der Waals surface area contributed by atoms with Crippen molar-refractivity contribution >= 4 is 125 Å². The number of aromatic nitrogens is 13. The average Bonchev–Trinajstić information content (AvgIpc) is 1.16. The highest BCUT2D eigenvalue weighted by Gasteiger charge is 2.40. The van der Waals surface area contributed by atoms with Crippen LogP contribution in [0.2, 0.25) is 0 Å². The number of piperidine rings is 1. The number of likely N-dealkylation sites (tertiary alicyclic amines) is 1. The first kappa shape index (κ1) is 100. The van der Waals surface area contributed by atoms with E-state index in [9.17, 15) is 94.4 Å². The molecule has 3 aromatic carbocycles. The molecule has 6 atom stereocenters. The summed E-state index contributed by atoms with van der Waals surface area (Å²) in [5, 5.41) is 25.8. The average molecular weight is 1940 g/mol. The molecule has 0 radical (unpaired) electrons. The second-order valence-electron chi connectivity index (χ2n) is 34.6. The number of amides is 1. The summed E-state index contributed by atoms with van der Waals surface area (Å²) in [4.78, 5) is 103. The van der Waals surface area contributed by atoms with Gasteiger partial charge in [-0.15, -0.1) is 0 Å². The van der Waals surface area contributed by atoms with Gasteiger partial charge in [-0.1, -0.05) is 48.5 Å². The zero-order valence-corrected chi connectivity index (χ0v) is 77.7. The molecule has 4 aliphatic heterocycles. The van der Waals surface area contributed by atoms with Crippen molar-refractivity contribution in [2.45, 2.75) is 159 Å². The van der Waals surface area contributed by atoms with E-state index in [4.69, 9.17) is 5.73 Å². The van der Waals surface area contributed by atoms with Gasteiger partial charge in [-0.3, -0.25) is 54.9 Å². The number of carbonyl (C=O) groups is 1. The van der Waals surface area contributed by atoms with Crippen molar-refractivity contribution in [3.8, 4) is 0 Å². The van der Waals surface area contributed by atoms with Crippen LogP contribution in [0.3, 0.4) is 0 Å². The molecule has 9 aromatic heterocycles. The molecule has 720 valence electrons. The summed E-state index contributed by atoms with van der Waals surface area (Å²) in [6, 6.07) is 18.1. The van der Waals surface area contributed by atoms with E-state index in [2.05, 4.69) is 83.7 Å². The lowest BCUT2D eigenvalue weighted by atomic mass is 9.88. The number of carbonyl (C=O) groups excluding carboxylic acids is 1. The zero-order valence-electron chi connectivity index (χ0n) is 75.2. The predicted octanol–water partition coefficient (Wildman–Crippen LogP) is 14.7. The maximum Gasteiger partial charge on any atom is 0.433 e. The van der Waals surface area contributed by atoms with Crippen molar-refractivity contribution in [1.82, 2.24) is 68.0 Å². The van der Waals surface area contributed by atoms with Crippen molar-refractivity contribution in [2.75, 3.05) is 74.6 Å². The highest BCUT2D eigenvalue weighted by atomic mass is 32.2. The number of hydrogen-bond acceptors (Lipinski definition) is 23. The Bertz CT molecular complexity index is 7190. The number of anilines is 5. The van der Waals surface area contributed by atoms with Crippen LogP contribution >= 0.6 is 0 Å². The minimum Gasteiger partial charge on any atom is -0.399 e. The van der Waals surface area contributed by atoms with E-state index in [1.165, 1.54) is 107 Å². The third-order valence-corrected chi connectivity index (χ3v) is 31.2. The van der Waals surface area contributed by atoms with E-state index in [0.717, 1.165) is 24.3 Å². The van der Waals surface area contributed by atoms with Crippen molar-refractivity contribution in [1.29, 1.82) is 0 Å². The molecule has 13 heterocycles. The van der Waals surface area contributed by atoms with Crippen molar-refractivity contribution < 1.29 is 75.2 Å². The highest BCUT2D eigenvalue weighted by molar-refractivity contribution is 8.01. The first-order chi connectivity index (χ1) is 63.4. The maximum atomic E-state index is 14.7. The lowest BCUT2D eigenvalue weighted by Gasteiger charge is -2.33. The SMILES string of the molecule is C=S1(=O)CCC(O)(c2cc3c(N[C@H](C)c4cccc(C(F)F)c4F)ncnc3n(C)c2=O)CC1.C=S1(=O)CCC(c2cc3c(N[C@H](C)c4cccc(C(F)(F)F)c4C)ncnc3n(C)c2=O)CC1.C=S1(=O)CCC(c2cc3c(N[C@H](C)c4cccc(C(F)F)c4F)ncnc3n(C)c2=O)C1.CC(=O)N1CCC(c2cc3c(N[C@H](C)c4cc(N)cc(C(F)(F)F)n4)ncnc3n(C)c2=O)CC1. The molecular formula is C92H101F12N19O9S3. The molecule has 12 aromatic rings. The maximum absolute atomic E-state index is 14.7. The van der Waals surface area contributed by atoms with Gasteiger partial charge in [0.25, 0.3) is 35.1 Å². The Balaban J connectivity index is 0.000000153. The highest BCUT2D eigenvalue weighted by Crippen LogP contribution is 2.42. The fourth-order valence-corrected chi connectivity index (χ4v) is 22.8. The van der Waals surface area contributed by atoms with Gasteiger partial charge in [0.2, 0.25) is 5.91 Å². The first-order valence-corrected chi connectivity index (χ1v) is 49.1. The minimum absolute atomic E-state index is 0.00702. The standard InChI is InChI=1S/C24H27F3N4O2S.C23H26F3N7O2.C23H25F3N4O3S.C22H23F3N4O2S/c1-14-17(6-5-7-20(14)24(25,26)27)15(2)30-21-19-12-18(16-8-10-34(4,33)11-9-16)23(32)31(3)22(19)29-13-28-21;1-12(18-8-15(27)9-19(31-18)23(24,25)26)30-20-17-10-16(14-4-6-33(7-5-14)13(2)34)22(35)32(3)21(17)29-11-28-20;1-13(14-5-4-6-15(18(14)24)19(25)26)29-20-16-11-17(22(31)30(2)21(16)28-12-27-20)23(32)7-9-34(3,33)10-8-23;1-12(14-5-4-6-15(18(14)23)19(24)25)28-20-17-9-16(13-7-8-32(3,31)10-13)22(30)29(2)21(17)27-11-26-20/h5-7,12-13,15-16H,4,8-11H2,1-3H3,(H,28,29,30);8-12,14H,4-7H2,1-3H3,(H2,27,31)(H,28,29,30);4-6,11-13,19,32H,3,7-10H2,1-2H3,(H,27,28,29);4-6,9,11-13,19H,3,7-8,10H2,1-2H3,(H,26,27,28)/t15-,16?,34?;12-;13-,23?,34?;12-,13?,32?/m1111/s1. The van der Waals surface area contributed by atoms with Gasteiger partial charge < -0.3 is 37.0 Å². The number of benzene rings is 3. The number of rotatable bonds is 18. The van der Waals surface area contributed by atoms with Gasteiger partial charge in [-0.25, -0.2) is 71.2 Å². The van der Waals surface area contributed by atoms with E-state index in [0.29, 0.717) is 146 Å². The molecular weight excluding hydrogens is 1840 g/mol. The van der Waals surface area contributed by atoms with Gasteiger partial charge in [0.15, 0.2) is 0 Å². The van der Waals surface area contributed by atoms with Crippen molar-refractivity contribution in [3.63, 3.8) is 0 Å². The van der Waals surface area contributed by atoms with Crippen LogP contribution in [0.25, 0.3) is 44.1 Å². The van der Waals surface area contributed by atoms with E-state index in [-0.39, 0.29) is 110 Å². The molecule has 135 heavy (non-hydrogen) atoms. The molecule has 0 spiro atoms. The Labute approximate surface area is 768 Å². The predicted molar refractivity (Wildman–Crippen MR) is 501 cm³/mol. The fraction of sp³-hybridized carbons (Fsp3) is 0.402. The number of nitrogens with zero attached hydrogens (tertiary/aromatic N) is 14. The third-order valence-electron chi connectivity index (χ3n) is 25.3. The Kier molecular flexibility index (Phi) is 29.3. The van der Waals surface area contributed by atoms with Crippen molar-refractivity contribution in [3.05, 3.63) is 242 Å². The molecule has 0 aliphatic carbocycles. The largest absolute Gasteiger partial charge is 0.433 e. The number of aryl methyl sites for hydroxylation is 4. The van der Waals surface area contributed by atoms with Crippen LogP contribution < -0.4 is 49.2 Å². The monoisotopic (exact) mass is 1940 g/mol. The Morgan fingerprint density at radius 3 is 1.24 bits per heavy atom. The van der Waals surface area contributed by atoms with Crippen molar-refractivity contribution in [2.24, 2.45) is 28.2 Å². The molecule has 28 nitrogen and oxygen atoms in total.